The number of ether oxygens (including phenoxy) is 5. The largest absolute Gasteiger partial charge is 0.496 e. The minimum Gasteiger partial charge on any atom is -0.496 e. The molecule has 1 aliphatic rings. The molecule has 0 bridgehead atoms. The third kappa shape index (κ3) is 7.15. The molecule has 1 heterocycles. The fraction of sp³-hybridized carbons (Fsp3) is 0.355. The van der Waals surface area contributed by atoms with E-state index in [1.54, 1.807) is 33.5 Å². The number of aliphatic imine (C=N–C) groups is 1. The molecule has 0 aromatic heterocycles. The molecule has 10 nitrogen and oxygen atoms in total. The van der Waals surface area contributed by atoms with Gasteiger partial charge in [-0.25, -0.2) is 10.4 Å². The van der Waals surface area contributed by atoms with Gasteiger partial charge in [0.25, 0.3) is 5.91 Å². The molecule has 4 rings (SSSR count). The number of benzene rings is 3. The van der Waals surface area contributed by atoms with Crippen LogP contribution in [0.1, 0.15) is 30.0 Å². The van der Waals surface area contributed by atoms with Gasteiger partial charge in [-0.2, -0.15) is 0 Å². The summed E-state index contributed by atoms with van der Waals surface area (Å²) in [6.45, 7) is 2.55. The SMILES string of the molecule is COc1cc(OC)c(CNNC(=O)[C@@]2(Cc3ccc(Br)cc3)N=C(c3ccc(OCCCO)cc3)O[C@H]2C)c(OC)c1. The van der Waals surface area contributed by atoms with Crippen LogP contribution in [-0.2, 0) is 22.5 Å². The number of aliphatic hydroxyl groups excluding tert-OH is 1. The van der Waals surface area contributed by atoms with Gasteiger partial charge in [0, 0.05) is 48.2 Å². The van der Waals surface area contributed by atoms with Gasteiger partial charge in [-0.05, 0) is 48.9 Å². The fourth-order valence-electron chi connectivity index (χ4n) is 4.63. The smallest absolute Gasteiger partial charge is 0.266 e. The Labute approximate surface area is 254 Å². The minimum atomic E-state index is -1.25. The average Bonchev–Trinajstić information content (AvgIpc) is 3.35. The maximum Gasteiger partial charge on any atom is 0.266 e. The minimum absolute atomic E-state index is 0.0686. The van der Waals surface area contributed by atoms with Gasteiger partial charge < -0.3 is 28.8 Å². The molecule has 0 saturated heterocycles. The van der Waals surface area contributed by atoms with Crippen molar-refractivity contribution in [1.29, 1.82) is 0 Å². The van der Waals surface area contributed by atoms with Gasteiger partial charge in [0.15, 0.2) is 5.54 Å². The first-order valence-corrected chi connectivity index (χ1v) is 14.3. The molecule has 1 aliphatic heterocycles. The van der Waals surface area contributed by atoms with Crippen LogP contribution in [0, 0.1) is 0 Å². The van der Waals surface area contributed by atoms with Crippen molar-refractivity contribution in [2.24, 2.45) is 4.99 Å². The molecule has 0 fully saturated rings. The van der Waals surface area contributed by atoms with Gasteiger partial charge in [0.05, 0.1) is 33.5 Å². The molecule has 0 saturated carbocycles. The normalized spacial score (nSPS) is 17.7. The van der Waals surface area contributed by atoms with E-state index in [0.717, 1.165) is 15.6 Å². The van der Waals surface area contributed by atoms with Crippen LogP contribution in [0.2, 0.25) is 0 Å². The number of rotatable bonds is 14. The quantitative estimate of drug-likeness (QED) is 0.177. The number of hydrogen-bond donors (Lipinski definition) is 3. The Morgan fingerprint density at radius 2 is 1.67 bits per heavy atom. The Kier molecular flexibility index (Phi) is 10.7. The van der Waals surface area contributed by atoms with Crippen molar-refractivity contribution in [3.05, 3.63) is 81.8 Å². The summed E-state index contributed by atoms with van der Waals surface area (Å²) in [5.74, 6) is 2.40. The standard InChI is InChI=1S/C31H36BrN3O7/c1-20-31(18-21-6-10-23(32)11-7-21,34-29(42-20)22-8-12-24(13-9-22)41-15-5-14-36)30(37)35-33-19-26-27(39-3)16-25(38-2)17-28(26)40-4/h6-13,16-17,20,33,36H,5,14-15,18-19H2,1-4H3,(H,35,37)/t20-,31-/m0/s1. The highest BCUT2D eigenvalue weighted by atomic mass is 79.9. The molecule has 0 spiro atoms. The van der Waals surface area contributed by atoms with Crippen LogP contribution in [0.4, 0.5) is 0 Å². The Morgan fingerprint density at radius 3 is 2.26 bits per heavy atom. The molecule has 3 N–H and O–H groups in total. The van der Waals surface area contributed by atoms with E-state index in [1.165, 1.54) is 0 Å². The van der Waals surface area contributed by atoms with E-state index in [-0.39, 0.29) is 19.1 Å². The molecule has 1 amide bonds. The molecule has 0 aliphatic carbocycles. The summed E-state index contributed by atoms with van der Waals surface area (Å²) in [5, 5.41) is 8.98. The second kappa shape index (κ2) is 14.4. The zero-order valence-corrected chi connectivity index (χ0v) is 25.7. The number of nitrogens with one attached hydrogen (secondary N) is 2. The highest BCUT2D eigenvalue weighted by Gasteiger charge is 2.50. The Morgan fingerprint density at radius 1 is 1.00 bits per heavy atom. The summed E-state index contributed by atoms with van der Waals surface area (Å²) < 4.78 is 29.2. The second-order valence-electron chi connectivity index (χ2n) is 9.67. The first-order valence-electron chi connectivity index (χ1n) is 13.5. The second-order valence-corrected chi connectivity index (χ2v) is 10.6. The number of methoxy groups -OCH3 is 3. The van der Waals surface area contributed by atoms with E-state index in [4.69, 9.17) is 33.8 Å². The molecular weight excluding hydrogens is 606 g/mol. The Balaban J connectivity index is 1.58. The summed E-state index contributed by atoms with van der Waals surface area (Å²) in [6.07, 6.45) is 0.300. The predicted molar refractivity (Wildman–Crippen MR) is 162 cm³/mol. The van der Waals surface area contributed by atoms with Crippen molar-refractivity contribution in [1.82, 2.24) is 10.9 Å². The Bertz CT molecular complexity index is 1360. The number of hydrazine groups is 1. The third-order valence-corrected chi connectivity index (χ3v) is 7.53. The maximum atomic E-state index is 13.9. The number of amides is 1. The summed E-state index contributed by atoms with van der Waals surface area (Å²) >= 11 is 3.47. The van der Waals surface area contributed by atoms with Crippen molar-refractivity contribution in [3.8, 4) is 23.0 Å². The first kappa shape index (κ1) is 31.1. The van der Waals surface area contributed by atoms with Gasteiger partial charge in [-0.3, -0.25) is 10.2 Å². The van der Waals surface area contributed by atoms with Crippen LogP contribution in [0.15, 0.2) is 70.1 Å². The maximum absolute atomic E-state index is 13.9. The Hall–Kier alpha value is -3.80. The topological polar surface area (TPSA) is 120 Å². The van der Waals surface area contributed by atoms with Gasteiger partial charge in [-0.1, -0.05) is 28.1 Å². The molecule has 11 heteroatoms. The monoisotopic (exact) mass is 641 g/mol. The number of nitrogens with zero attached hydrogens (tertiary/aromatic N) is 1. The summed E-state index contributed by atoms with van der Waals surface area (Å²) in [4.78, 5) is 18.8. The highest BCUT2D eigenvalue weighted by Crippen LogP contribution is 2.35. The van der Waals surface area contributed by atoms with Gasteiger partial charge in [0.1, 0.15) is 29.1 Å². The van der Waals surface area contributed by atoms with Crippen molar-refractivity contribution in [3.63, 3.8) is 0 Å². The lowest BCUT2D eigenvalue weighted by atomic mass is 9.86. The number of carbonyl (C=O) groups is 1. The van der Waals surface area contributed by atoms with Gasteiger partial charge in [-0.15, -0.1) is 0 Å². The number of carbonyl (C=O) groups excluding carboxylic acids is 1. The van der Waals surface area contributed by atoms with Crippen LogP contribution in [0.25, 0.3) is 0 Å². The van der Waals surface area contributed by atoms with Crippen molar-refractivity contribution in [2.75, 3.05) is 34.5 Å². The molecule has 3 aromatic rings. The van der Waals surface area contributed by atoms with Gasteiger partial charge >= 0.3 is 0 Å². The van der Waals surface area contributed by atoms with Gasteiger partial charge in [0.2, 0.25) is 5.90 Å². The van der Waals surface area contributed by atoms with Crippen molar-refractivity contribution >= 4 is 27.7 Å². The summed E-state index contributed by atoms with van der Waals surface area (Å²) in [7, 11) is 4.69. The fourth-order valence-corrected chi connectivity index (χ4v) is 4.89. The molecule has 224 valence electrons. The van der Waals surface area contributed by atoms with Crippen LogP contribution in [0.3, 0.4) is 0 Å². The van der Waals surface area contributed by atoms with Crippen LogP contribution in [0.5, 0.6) is 23.0 Å². The van der Waals surface area contributed by atoms with E-state index in [2.05, 4.69) is 26.8 Å². The number of aliphatic hydroxyl groups is 1. The van der Waals surface area contributed by atoms with Crippen LogP contribution >= 0.6 is 15.9 Å². The zero-order valence-electron chi connectivity index (χ0n) is 24.1. The van der Waals surface area contributed by atoms with Crippen molar-refractivity contribution < 1.29 is 33.6 Å². The lowest BCUT2D eigenvalue weighted by Crippen LogP contribution is -2.55. The summed E-state index contributed by atoms with van der Waals surface area (Å²) in [6, 6.07) is 18.6. The molecular formula is C31H36BrN3O7. The molecule has 0 radical (unpaired) electrons. The molecule has 2 atom stereocenters. The highest BCUT2D eigenvalue weighted by molar-refractivity contribution is 9.10. The first-order chi connectivity index (χ1) is 20.3. The van der Waals surface area contributed by atoms with E-state index in [9.17, 15) is 4.79 Å². The van der Waals surface area contributed by atoms with Crippen LogP contribution < -0.4 is 29.8 Å². The zero-order chi connectivity index (χ0) is 30.1. The van der Waals surface area contributed by atoms with E-state index >= 15 is 0 Å². The van der Waals surface area contributed by atoms with E-state index in [0.29, 0.717) is 53.9 Å². The van der Waals surface area contributed by atoms with E-state index < -0.39 is 11.6 Å². The van der Waals surface area contributed by atoms with Crippen LogP contribution in [-0.4, -0.2) is 63.1 Å². The summed E-state index contributed by atoms with van der Waals surface area (Å²) in [5.41, 5.74) is 6.99. The third-order valence-electron chi connectivity index (χ3n) is 7.00. The molecule has 3 aromatic carbocycles. The number of hydrogen-bond acceptors (Lipinski definition) is 9. The lowest BCUT2D eigenvalue weighted by molar-refractivity contribution is -0.129. The molecule has 42 heavy (non-hydrogen) atoms. The van der Waals surface area contributed by atoms with E-state index in [1.807, 2.05) is 55.5 Å². The lowest BCUT2D eigenvalue weighted by Gasteiger charge is -2.28. The molecule has 0 unspecified atom stereocenters. The van der Waals surface area contributed by atoms with Crippen molar-refractivity contribution in [2.45, 2.75) is 38.0 Å². The predicted octanol–water partition coefficient (Wildman–Crippen LogP) is 4.20. The average molecular weight is 643 g/mol. The number of halogens is 1.